The van der Waals surface area contributed by atoms with E-state index in [-0.39, 0.29) is 0 Å². The summed E-state index contributed by atoms with van der Waals surface area (Å²) in [5, 5.41) is 1.75. The van der Waals surface area contributed by atoms with Gasteiger partial charge in [0.25, 0.3) is 0 Å². The average Bonchev–Trinajstić information content (AvgIpc) is 2.23. The zero-order chi connectivity index (χ0) is 11.4. The molecule has 1 heterocycles. The molecule has 1 aromatic heterocycles. The van der Waals surface area contributed by atoms with E-state index in [1.807, 2.05) is 12.1 Å². The maximum absolute atomic E-state index is 5.86. The molecule has 1 fully saturated rings. The molecule has 0 N–H and O–H groups in total. The minimum atomic E-state index is 0.688. The van der Waals surface area contributed by atoms with Crippen molar-refractivity contribution < 1.29 is 0 Å². The predicted octanol–water partition coefficient (Wildman–Crippen LogP) is 3.88. The highest BCUT2D eigenvalue weighted by Gasteiger charge is 2.25. The molecule has 88 valence electrons. The number of hydrogen-bond donors (Lipinski definition) is 0. The SMILES string of the molecule is Clc1ccc(N(CCCBr)C2CCC2)nc1. The second kappa shape index (κ2) is 5.87. The van der Waals surface area contributed by atoms with Gasteiger partial charge in [-0.25, -0.2) is 4.98 Å². The van der Waals surface area contributed by atoms with Gasteiger partial charge in [-0.1, -0.05) is 27.5 Å². The third-order valence-electron chi connectivity index (χ3n) is 3.05. The van der Waals surface area contributed by atoms with Gasteiger partial charge in [-0.2, -0.15) is 0 Å². The zero-order valence-corrected chi connectivity index (χ0v) is 11.5. The summed E-state index contributed by atoms with van der Waals surface area (Å²) in [5.74, 6) is 1.06. The van der Waals surface area contributed by atoms with Crippen LogP contribution in [0.2, 0.25) is 5.02 Å². The van der Waals surface area contributed by atoms with Gasteiger partial charge in [0.2, 0.25) is 0 Å². The first-order chi connectivity index (χ1) is 7.81. The topological polar surface area (TPSA) is 16.1 Å². The first-order valence-corrected chi connectivity index (χ1v) is 7.25. The monoisotopic (exact) mass is 302 g/mol. The van der Waals surface area contributed by atoms with Crippen LogP contribution < -0.4 is 4.90 Å². The fourth-order valence-corrected chi connectivity index (χ4v) is 2.31. The molecule has 0 unspecified atom stereocenters. The number of nitrogens with zero attached hydrogens (tertiary/aromatic N) is 2. The number of pyridine rings is 1. The van der Waals surface area contributed by atoms with Gasteiger partial charge in [0.15, 0.2) is 0 Å². The molecule has 1 aromatic rings. The lowest BCUT2D eigenvalue weighted by Gasteiger charge is -2.38. The van der Waals surface area contributed by atoms with Gasteiger partial charge >= 0.3 is 0 Å². The van der Waals surface area contributed by atoms with Crippen molar-refractivity contribution in [3.05, 3.63) is 23.4 Å². The predicted molar refractivity (Wildman–Crippen MR) is 72.6 cm³/mol. The van der Waals surface area contributed by atoms with Gasteiger partial charge < -0.3 is 4.90 Å². The van der Waals surface area contributed by atoms with Crippen molar-refractivity contribution in [1.29, 1.82) is 0 Å². The molecule has 0 atom stereocenters. The minimum Gasteiger partial charge on any atom is -0.354 e. The molecule has 0 amide bonds. The third-order valence-corrected chi connectivity index (χ3v) is 3.84. The molecule has 0 spiro atoms. The third kappa shape index (κ3) is 2.89. The molecule has 2 nitrogen and oxygen atoms in total. The standard InChI is InChI=1S/C12H16BrClN2/c13-7-2-8-16(11-3-1-4-11)12-6-5-10(14)9-15-12/h5-6,9,11H,1-4,7-8H2. The normalized spacial score (nSPS) is 15.9. The summed E-state index contributed by atoms with van der Waals surface area (Å²) in [4.78, 5) is 6.83. The van der Waals surface area contributed by atoms with Crippen LogP contribution in [0.1, 0.15) is 25.7 Å². The van der Waals surface area contributed by atoms with Crippen LogP contribution in [0, 0.1) is 0 Å². The average molecular weight is 304 g/mol. The molecular formula is C12H16BrClN2. The smallest absolute Gasteiger partial charge is 0.128 e. The van der Waals surface area contributed by atoms with Crippen molar-refractivity contribution in [1.82, 2.24) is 4.98 Å². The van der Waals surface area contributed by atoms with Gasteiger partial charge in [-0.3, -0.25) is 0 Å². The van der Waals surface area contributed by atoms with Crippen LogP contribution in [0.5, 0.6) is 0 Å². The lowest BCUT2D eigenvalue weighted by molar-refractivity contribution is 0.384. The first-order valence-electron chi connectivity index (χ1n) is 5.75. The zero-order valence-electron chi connectivity index (χ0n) is 9.20. The Balaban J connectivity index is 2.07. The van der Waals surface area contributed by atoms with Gasteiger partial charge in [0.1, 0.15) is 5.82 Å². The fourth-order valence-electron chi connectivity index (χ4n) is 1.95. The van der Waals surface area contributed by atoms with E-state index in [0.29, 0.717) is 11.1 Å². The van der Waals surface area contributed by atoms with Crippen LogP contribution in [-0.2, 0) is 0 Å². The molecule has 4 heteroatoms. The van der Waals surface area contributed by atoms with E-state index in [1.165, 1.54) is 19.3 Å². The summed E-state index contributed by atoms with van der Waals surface area (Å²) in [6, 6.07) is 4.63. The second-order valence-corrected chi connectivity index (χ2v) is 5.38. The quantitative estimate of drug-likeness (QED) is 0.767. The van der Waals surface area contributed by atoms with Crippen LogP contribution in [0.15, 0.2) is 18.3 Å². The molecule has 1 saturated carbocycles. The highest BCUT2D eigenvalue weighted by Crippen LogP contribution is 2.29. The Bertz CT molecular complexity index is 324. The fraction of sp³-hybridized carbons (Fsp3) is 0.583. The molecule has 1 aliphatic carbocycles. The molecule has 0 saturated heterocycles. The summed E-state index contributed by atoms with van der Waals surface area (Å²) in [5.41, 5.74) is 0. The van der Waals surface area contributed by atoms with Crippen molar-refractivity contribution in [3.8, 4) is 0 Å². The van der Waals surface area contributed by atoms with Gasteiger partial charge in [-0.15, -0.1) is 0 Å². The molecule has 0 radical (unpaired) electrons. The maximum Gasteiger partial charge on any atom is 0.128 e. The molecule has 2 rings (SSSR count). The number of alkyl halides is 1. The molecule has 16 heavy (non-hydrogen) atoms. The summed E-state index contributed by atoms with van der Waals surface area (Å²) in [7, 11) is 0. The van der Waals surface area contributed by atoms with Crippen LogP contribution in [0.3, 0.4) is 0 Å². The van der Waals surface area contributed by atoms with E-state index in [9.17, 15) is 0 Å². The molecule has 1 aliphatic rings. The highest BCUT2D eigenvalue weighted by atomic mass is 79.9. The Morgan fingerprint density at radius 3 is 2.75 bits per heavy atom. The van der Waals surface area contributed by atoms with E-state index in [2.05, 4.69) is 25.8 Å². The summed E-state index contributed by atoms with van der Waals surface area (Å²) < 4.78 is 0. The Labute approximate surface area is 110 Å². The van der Waals surface area contributed by atoms with E-state index in [0.717, 1.165) is 24.1 Å². The van der Waals surface area contributed by atoms with E-state index in [4.69, 9.17) is 11.6 Å². The number of hydrogen-bond acceptors (Lipinski definition) is 2. The maximum atomic E-state index is 5.86. The van der Waals surface area contributed by atoms with E-state index >= 15 is 0 Å². The highest BCUT2D eigenvalue weighted by molar-refractivity contribution is 9.09. The minimum absolute atomic E-state index is 0.688. The van der Waals surface area contributed by atoms with Crippen molar-refractivity contribution in [3.63, 3.8) is 0 Å². The molecule has 0 aliphatic heterocycles. The Morgan fingerprint density at radius 1 is 1.44 bits per heavy atom. The van der Waals surface area contributed by atoms with Gasteiger partial charge in [0, 0.05) is 24.1 Å². The van der Waals surface area contributed by atoms with Crippen molar-refractivity contribution in [2.24, 2.45) is 0 Å². The number of rotatable bonds is 5. The Kier molecular flexibility index (Phi) is 4.47. The lowest BCUT2D eigenvalue weighted by atomic mass is 9.91. The first kappa shape index (κ1) is 12.2. The van der Waals surface area contributed by atoms with E-state index < -0.39 is 0 Å². The van der Waals surface area contributed by atoms with Gasteiger partial charge in [-0.05, 0) is 37.8 Å². The van der Waals surface area contributed by atoms with Crippen molar-refractivity contribution >= 4 is 33.3 Å². The van der Waals surface area contributed by atoms with Crippen LogP contribution in [0.25, 0.3) is 0 Å². The Hall–Kier alpha value is -0.280. The van der Waals surface area contributed by atoms with Gasteiger partial charge in [0.05, 0.1) is 5.02 Å². The molecule has 0 aromatic carbocycles. The van der Waals surface area contributed by atoms with E-state index in [1.54, 1.807) is 6.20 Å². The van der Waals surface area contributed by atoms with Crippen molar-refractivity contribution in [2.75, 3.05) is 16.8 Å². The summed E-state index contributed by atoms with van der Waals surface area (Å²) in [6.07, 6.45) is 6.83. The number of aromatic nitrogens is 1. The van der Waals surface area contributed by atoms with Crippen LogP contribution in [-0.4, -0.2) is 22.9 Å². The molecule has 0 bridgehead atoms. The lowest BCUT2D eigenvalue weighted by Crippen LogP contribution is -2.41. The number of anilines is 1. The second-order valence-electron chi connectivity index (χ2n) is 4.16. The molecular weight excluding hydrogens is 288 g/mol. The largest absolute Gasteiger partial charge is 0.354 e. The Morgan fingerprint density at radius 2 is 2.25 bits per heavy atom. The van der Waals surface area contributed by atoms with Crippen LogP contribution in [0.4, 0.5) is 5.82 Å². The number of halogens is 2. The summed E-state index contributed by atoms with van der Waals surface area (Å²) in [6.45, 7) is 1.07. The summed E-state index contributed by atoms with van der Waals surface area (Å²) >= 11 is 9.34. The van der Waals surface area contributed by atoms with Crippen molar-refractivity contribution in [2.45, 2.75) is 31.7 Å². The van der Waals surface area contributed by atoms with Crippen LogP contribution >= 0.6 is 27.5 Å².